The van der Waals surface area contributed by atoms with Crippen LogP contribution in [-0.4, -0.2) is 61.6 Å². The van der Waals surface area contributed by atoms with Crippen LogP contribution in [0.4, 0.5) is 18.9 Å². The highest BCUT2D eigenvalue weighted by molar-refractivity contribution is 5.92. The predicted molar refractivity (Wildman–Crippen MR) is 138 cm³/mol. The van der Waals surface area contributed by atoms with Gasteiger partial charge in [0.05, 0.1) is 11.8 Å². The SMILES string of the molecule is CC(=O)N1CCC2CCC(CN(C(=O)Cn3cc(C(F)(F)F)cn3)Cc3ccccc31)N2Cc1ccncc1. The summed E-state index contributed by atoms with van der Waals surface area (Å²) in [5, 5.41) is 3.79. The van der Waals surface area contributed by atoms with E-state index >= 15 is 0 Å². The molecule has 11 heteroatoms. The molecule has 2 aromatic heterocycles. The number of hydrogen-bond acceptors (Lipinski definition) is 5. The van der Waals surface area contributed by atoms with Gasteiger partial charge in [-0.2, -0.15) is 18.3 Å². The average Bonchev–Trinajstić information content (AvgIpc) is 3.51. The van der Waals surface area contributed by atoms with E-state index in [-0.39, 0.29) is 37.0 Å². The van der Waals surface area contributed by atoms with Crippen LogP contribution in [0.1, 0.15) is 42.9 Å². The van der Waals surface area contributed by atoms with Gasteiger partial charge in [-0.25, -0.2) is 0 Å². The number of fused-ring (bicyclic) bond motifs is 3. The van der Waals surface area contributed by atoms with Crippen LogP contribution in [0.15, 0.2) is 61.2 Å². The molecule has 1 saturated heterocycles. The van der Waals surface area contributed by atoms with Crippen molar-refractivity contribution in [3.63, 3.8) is 0 Å². The average molecular weight is 541 g/mol. The number of benzene rings is 1. The Hall–Kier alpha value is -3.73. The molecule has 8 nitrogen and oxygen atoms in total. The van der Waals surface area contributed by atoms with Gasteiger partial charge in [0.2, 0.25) is 11.8 Å². The highest BCUT2D eigenvalue weighted by Gasteiger charge is 2.37. The molecule has 0 aliphatic carbocycles. The molecule has 0 radical (unpaired) electrons. The monoisotopic (exact) mass is 540 g/mol. The first-order chi connectivity index (χ1) is 18.7. The lowest BCUT2D eigenvalue weighted by Crippen LogP contribution is -2.45. The molecule has 2 aliphatic rings. The first kappa shape index (κ1) is 26.9. The van der Waals surface area contributed by atoms with Crippen molar-refractivity contribution in [3.8, 4) is 0 Å². The Morgan fingerprint density at radius 2 is 1.77 bits per heavy atom. The van der Waals surface area contributed by atoms with Crippen molar-refractivity contribution in [1.82, 2.24) is 24.6 Å². The molecular weight excluding hydrogens is 509 g/mol. The van der Waals surface area contributed by atoms with E-state index in [0.717, 1.165) is 53.2 Å². The number of aromatic nitrogens is 3. The van der Waals surface area contributed by atoms with Gasteiger partial charge in [0, 0.05) is 69.5 Å². The van der Waals surface area contributed by atoms with Crippen LogP contribution in [0.2, 0.25) is 0 Å². The summed E-state index contributed by atoms with van der Waals surface area (Å²) < 4.78 is 40.4. The van der Waals surface area contributed by atoms with Crippen molar-refractivity contribution in [1.29, 1.82) is 0 Å². The zero-order chi connectivity index (χ0) is 27.6. The summed E-state index contributed by atoms with van der Waals surface area (Å²) in [6.07, 6.45) is 3.17. The maximum absolute atomic E-state index is 13.6. The van der Waals surface area contributed by atoms with Crippen molar-refractivity contribution in [2.75, 3.05) is 18.0 Å². The maximum atomic E-state index is 13.6. The Morgan fingerprint density at radius 1 is 1.03 bits per heavy atom. The van der Waals surface area contributed by atoms with Crippen LogP contribution in [0.25, 0.3) is 0 Å². The number of halogens is 3. The van der Waals surface area contributed by atoms with Crippen LogP contribution in [-0.2, 0) is 35.4 Å². The van der Waals surface area contributed by atoms with E-state index in [2.05, 4.69) is 15.0 Å². The fourth-order valence-electron chi connectivity index (χ4n) is 5.66. The Labute approximate surface area is 225 Å². The Bertz CT molecular complexity index is 1310. The summed E-state index contributed by atoms with van der Waals surface area (Å²) in [7, 11) is 0. The van der Waals surface area contributed by atoms with Gasteiger partial charge in [0.1, 0.15) is 6.54 Å². The lowest BCUT2D eigenvalue weighted by molar-refractivity contribution is -0.138. The Morgan fingerprint density at radius 3 is 2.49 bits per heavy atom. The number of para-hydroxylation sites is 1. The van der Waals surface area contributed by atoms with E-state index in [4.69, 9.17) is 0 Å². The van der Waals surface area contributed by atoms with Crippen molar-refractivity contribution in [2.24, 2.45) is 0 Å². The van der Waals surface area contributed by atoms with Crippen LogP contribution in [0.5, 0.6) is 0 Å². The van der Waals surface area contributed by atoms with E-state index < -0.39 is 11.7 Å². The lowest BCUT2D eigenvalue weighted by atomic mass is 10.1. The number of carbonyl (C=O) groups is 2. The zero-order valence-electron chi connectivity index (χ0n) is 21.7. The number of carbonyl (C=O) groups excluding carboxylic acids is 2. The molecule has 2 atom stereocenters. The molecule has 206 valence electrons. The molecule has 2 bridgehead atoms. The van der Waals surface area contributed by atoms with Crippen LogP contribution < -0.4 is 4.90 Å². The van der Waals surface area contributed by atoms with Crippen molar-refractivity contribution in [2.45, 2.75) is 64.1 Å². The van der Waals surface area contributed by atoms with Gasteiger partial charge in [-0.1, -0.05) is 18.2 Å². The lowest BCUT2D eigenvalue weighted by Gasteiger charge is -2.34. The van der Waals surface area contributed by atoms with E-state index in [0.29, 0.717) is 19.6 Å². The largest absolute Gasteiger partial charge is 0.419 e. The predicted octanol–water partition coefficient (Wildman–Crippen LogP) is 4.12. The van der Waals surface area contributed by atoms with Crippen LogP contribution in [0.3, 0.4) is 0 Å². The smallest absolute Gasteiger partial charge is 0.335 e. The third-order valence-corrected chi connectivity index (χ3v) is 7.64. The minimum absolute atomic E-state index is 0.0616. The molecule has 4 heterocycles. The molecule has 39 heavy (non-hydrogen) atoms. The van der Waals surface area contributed by atoms with E-state index in [1.165, 1.54) is 0 Å². The van der Waals surface area contributed by atoms with Gasteiger partial charge in [-0.3, -0.25) is 24.2 Å². The molecule has 2 amide bonds. The first-order valence-corrected chi connectivity index (χ1v) is 13.1. The summed E-state index contributed by atoms with van der Waals surface area (Å²) >= 11 is 0. The number of hydrogen-bond donors (Lipinski definition) is 0. The second-order valence-electron chi connectivity index (χ2n) is 10.2. The molecule has 0 spiro atoms. The third kappa shape index (κ3) is 6.13. The fraction of sp³-hybridized carbons (Fsp3) is 0.429. The third-order valence-electron chi connectivity index (χ3n) is 7.64. The van der Waals surface area contributed by atoms with E-state index in [1.54, 1.807) is 29.1 Å². The molecule has 5 rings (SSSR count). The zero-order valence-corrected chi connectivity index (χ0v) is 21.7. The second-order valence-corrected chi connectivity index (χ2v) is 10.2. The summed E-state index contributed by atoms with van der Waals surface area (Å²) in [4.78, 5) is 36.4. The summed E-state index contributed by atoms with van der Waals surface area (Å²) in [6.45, 7) is 3.12. The minimum atomic E-state index is -4.53. The Kier molecular flexibility index (Phi) is 7.69. The molecule has 2 aliphatic heterocycles. The van der Waals surface area contributed by atoms with Gasteiger partial charge in [-0.05, 0) is 48.6 Å². The molecule has 2 unspecified atom stereocenters. The van der Waals surface area contributed by atoms with Gasteiger partial charge in [-0.15, -0.1) is 0 Å². The number of pyridine rings is 1. The molecular formula is C28H31F3N6O2. The van der Waals surface area contributed by atoms with Crippen LogP contribution >= 0.6 is 0 Å². The topological polar surface area (TPSA) is 74.6 Å². The normalized spacial score (nSPS) is 20.4. The second kappa shape index (κ2) is 11.2. The van der Waals surface area contributed by atoms with Gasteiger partial charge < -0.3 is 9.80 Å². The number of alkyl halides is 3. The van der Waals surface area contributed by atoms with Crippen LogP contribution in [0, 0.1) is 0 Å². The minimum Gasteiger partial charge on any atom is -0.335 e. The fourth-order valence-corrected chi connectivity index (χ4v) is 5.66. The summed E-state index contributed by atoms with van der Waals surface area (Å²) in [5.74, 6) is -0.409. The van der Waals surface area contributed by atoms with Gasteiger partial charge in [0.25, 0.3) is 0 Å². The molecule has 1 fully saturated rings. The number of nitrogens with zero attached hydrogens (tertiary/aromatic N) is 6. The Balaban J connectivity index is 1.48. The van der Waals surface area contributed by atoms with E-state index in [1.807, 2.05) is 36.4 Å². The molecule has 0 N–H and O–H groups in total. The molecule has 3 aromatic rings. The number of anilines is 1. The van der Waals surface area contributed by atoms with Crippen molar-refractivity contribution >= 4 is 17.5 Å². The molecule has 0 saturated carbocycles. The molecule has 1 aromatic carbocycles. The summed E-state index contributed by atoms with van der Waals surface area (Å²) in [5.41, 5.74) is 1.78. The highest BCUT2D eigenvalue weighted by atomic mass is 19.4. The summed E-state index contributed by atoms with van der Waals surface area (Å²) in [6, 6.07) is 11.7. The van der Waals surface area contributed by atoms with Gasteiger partial charge >= 0.3 is 6.18 Å². The first-order valence-electron chi connectivity index (χ1n) is 13.1. The standard InChI is InChI=1S/C28H31F3N6O2/c1-20(38)36-13-10-24-6-7-25(37(24)15-21-8-11-32-12-9-21)18-34(16-22-4-2-3-5-26(22)36)27(39)19-35-17-23(14-33-35)28(29,30)31/h2-5,8-9,11-12,14,17,24-25H,6-7,10,13,15-16,18-19H2,1H3. The number of rotatable bonds is 4. The number of amides is 2. The van der Waals surface area contributed by atoms with E-state index in [9.17, 15) is 22.8 Å². The van der Waals surface area contributed by atoms with Crippen molar-refractivity contribution < 1.29 is 22.8 Å². The quantitative estimate of drug-likeness (QED) is 0.498. The maximum Gasteiger partial charge on any atom is 0.419 e. The highest BCUT2D eigenvalue weighted by Crippen LogP contribution is 2.33. The van der Waals surface area contributed by atoms with Gasteiger partial charge in [0.15, 0.2) is 0 Å². The van der Waals surface area contributed by atoms with Crippen molar-refractivity contribution in [3.05, 3.63) is 77.9 Å².